The number of hydrogen-bond acceptors (Lipinski definition) is 3. The Kier molecular flexibility index (Phi) is 6.49. The maximum Gasteiger partial charge on any atom is 0.328 e. The number of carbonyl (C=O) groups is 2. The van der Waals surface area contributed by atoms with Gasteiger partial charge in [-0.05, 0) is 19.3 Å². The molecule has 0 aromatic rings. The molecule has 0 saturated carbocycles. The molecule has 1 atom stereocenters. The highest BCUT2D eigenvalue weighted by molar-refractivity contribution is 5.83. The number of hydrogen-bond donors (Lipinski definition) is 2. The van der Waals surface area contributed by atoms with Crippen LogP contribution in [-0.4, -0.2) is 31.7 Å². The standard InChI is InChI=1S/C10H20N2O3/c1-7(2)5-6-11-10(14)12-8(3)9(13)15-4/h7-8H,5-6H2,1-4H3,(H2,11,12,14). The van der Waals surface area contributed by atoms with E-state index in [1.165, 1.54) is 7.11 Å². The molecule has 0 aliphatic rings. The van der Waals surface area contributed by atoms with Crippen molar-refractivity contribution in [2.24, 2.45) is 5.92 Å². The van der Waals surface area contributed by atoms with Crippen molar-refractivity contribution in [2.75, 3.05) is 13.7 Å². The molecule has 0 aromatic heterocycles. The molecule has 0 bridgehead atoms. The molecule has 0 radical (unpaired) electrons. The van der Waals surface area contributed by atoms with Crippen LogP contribution in [0.1, 0.15) is 27.2 Å². The first-order valence-corrected chi connectivity index (χ1v) is 5.09. The van der Waals surface area contributed by atoms with Crippen molar-refractivity contribution in [2.45, 2.75) is 33.2 Å². The predicted molar refractivity (Wildman–Crippen MR) is 57.5 cm³/mol. The second kappa shape index (κ2) is 7.09. The molecule has 0 aliphatic heterocycles. The fraction of sp³-hybridized carbons (Fsp3) is 0.800. The van der Waals surface area contributed by atoms with Crippen LogP contribution < -0.4 is 10.6 Å². The van der Waals surface area contributed by atoms with Gasteiger partial charge in [-0.15, -0.1) is 0 Å². The zero-order valence-electron chi connectivity index (χ0n) is 9.79. The van der Waals surface area contributed by atoms with Gasteiger partial charge in [0.05, 0.1) is 7.11 Å². The summed E-state index contributed by atoms with van der Waals surface area (Å²) in [5.41, 5.74) is 0. The predicted octanol–water partition coefficient (Wildman–Crippen LogP) is 0.893. The second-order valence-electron chi connectivity index (χ2n) is 3.83. The summed E-state index contributed by atoms with van der Waals surface area (Å²) in [7, 11) is 1.29. The quantitative estimate of drug-likeness (QED) is 0.671. The van der Waals surface area contributed by atoms with Crippen molar-refractivity contribution in [1.82, 2.24) is 10.6 Å². The van der Waals surface area contributed by atoms with Crippen molar-refractivity contribution in [3.63, 3.8) is 0 Å². The Morgan fingerprint density at radius 2 is 1.87 bits per heavy atom. The lowest BCUT2D eigenvalue weighted by Gasteiger charge is -2.12. The highest BCUT2D eigenvalue weighted by Gasteiger charge is 2.14. The molecule has 5 nitrogen and oxygen atoms in total. The summed E-state index contributed by atoms with van der Waals surface area (Å²) >= 11 is 0. The minimum Gasteiger partial charge on any atom is -0.467 e. The van der Waals surface area contributed by atoms with E-state index in [1.807, 2.05) is 0 Å². The minimum atomic E-state index is -0.617. The van der Waals surface area contributed by atoms with E-state index in [9.17, 15) is 9.59 Å². The lowest BCUT2D eigenvalue weighted by Crippen LogP contribution is -2.45. The minimum absolute atomic E-state index is 0.339. The van der Waals surface area contributed by atoms with Gasteiger partial charge < -0.3 is 15.4 Å². The summed E-state index contributed by atoms with van der Waals surface area (Å²) in [6.07, 6.45) is 0.917. The van der Waals surface area contributed by atoms with E-state index in [-0.39, 0.29) is 6.03 Å². The Hall–Kier alpha value is -1.26. The molecular formula is C10H20N2O3. The van der Waals surface area contributed by atoms with E-state index in [1.54, 1.807) is 6.92 Å². The molecule has 0 aromatic carbocycles. The number of nitrogens with one attached hydrogen (secondary N) is 2. The fourth-order valence-electron chi connectivity index (χ4n) is 0.958. The first-order chi connectivity index (χ1) is 6.97. The number of urea groups is 1. The summed E-state index contributed by atoms with van der Waals surface area (Å²) in [5.74, 6) is 0.0948. The normalized spacial score (nSPS) is 12.1. The Balaban J connectivity index is 3.69. The zero-order chi connectivity index (χ0) is 11.8. The highest BCUT2D eigenvalue weighted by atomic mass is 16.5. The van der Waals surface area contributed by atoms with Gasteiger partial charge in [-0.25, -0.2) is 9.59 Å². The molecule has 0 spiro atoms. The van der Waals surface area contributed by atoms with E-state index in [2.05, 4.69) is 29.2 Å². The van der Waals surface area contributed by atoms with Gasteiger partial charge in [0.25, 0.3) is 0 Å². The molecule has 1 unspecified atom stereocenters. The van der Waals surface area contributed by atoms with Gasteiger partial charge in [0.2, 0.25) is 0 Å². The van der Waals surface area contributed by atoms with E-state index >= 15 is 0 Å². The first kappa shape index (κ1) is 13.7. The lowest BCUT2D eigenvalue weighted by molar-refractivity contribution is -0.142. The van der Waals surface area contributed by atoms with E-state index < -0.39 is 12.0 Å². The molecule has 2 N–H and O–H groups in total. The summed E-state index contributed by atoms with van der Waals surface area (Å²) in [6, 6.07) is -0.956. The van der Waals surface area contributed by atoms with Crippen LogP contribution >= 0.6 is 0 Å². The average molecular weight is 216 g/mol. The molecule has 15 heavy (non-hydrogen) atoms. The number of esters is 1. The Morgan fingerprint density at radius 3 is 2.33 bits per heavy atom. The van der Waals surface area contributed by atoms with Crippen LogP contribution in [0.25, 0.3) is 0 Å². The largest absolute Gasteiger partial charge is 0.467 e. The first-order valence-electron chi connectivity index (χ1n) is 5.09. The number of carbonyl (C=O) groups excluding carboxylic acids is 2. The molecule has 0 heterocycles. The third-order valence-electron chi connectivity index (χ3n) is 1.91. The van der Waals surface area contributed by atoms with Crippen molar-refractivity contribution in [3.8, 4) is 0 Å². The molecule has 5 heteroatoms. The molecule has 0 saturated heterocycles. The molecule has 0 fully saturated rings. The van der Waals surface area contributed by atoms with Crippen LogP contribution in [0.5, 0.6) is 0 Å². The monoisotopic (exact) mass is 216 g/mol. The van der Waals surface area contributed by atoms with E-state index in [0.29, 0.717) is 12.5 Å². The van der Waals surface area contributed by atoms with Gasteiger partial charge in [0.15, 0.2) is 0 Å². The van der Waals surface area contributed by atoms with Gasteiger partial charge in [-0.3, -0.25) is 0 Å². The Bertz CT molecular complexity index is 217. The second-order valence-corrected chi connectivity index (χ2v) is 3.83. The average Bonchev–Trinajstić information content (AvgIpc) is 2.15. The SMILES string of the molecule is COC(=O)C(C)NC(=O)NCCC(C)C. The summed E-state index contributed by atoms with van der Waals surface area (Å²) < 4.78 is 4.47. The zero-order valence-corrected chi connectivity index (χ0v) is 9.79. The van der Waals surface area contributed by atoms with Crippen LogP contribution in [0.3, 0.4) is 0 Å². The maximum absolute atomic E-state index is 11.2. The van der Waals surface area contributed by atoms with Crippen molar-refractivity contribution in [1.29, 1.82) is 0 Å². The van der Waals surface area contributed by atoms with Crippen LogP contribution in [0.2, 0.25) is 0 Å². The Labute approximate surface area is 90.6 Å². The van der Waals surface area contributed by atoms with Crippen molar-refractivity contribution < 1.29 is 14.3 Å². The molecule has 88 valence electrons. The van der Waals surface area contributed by atoms with Gasteiger partial charge in [-0.2, -0.15) is 0 Å². The molecule has 2 amide bonds. The number of methoxy groups -OCH3 is 1. The number of amides is 2. The van der Waals surface area contributed by atoms with Crippen LogP contribution in [0.4, 0.5) is 4.79 Å². The van der Waals surface area contributed by atoms with Crippen LogP contribution in [0, 0.1) is 5.92 Å². The molecule has 0 rings (SSSR count). The van der Waals surface area contributed by atoms with E-state index in [0.717, 1.165) is 6.42 Å². The van der Waals surface area contributed by atoms with Gasteiger partial charge in [0, 0.05) is 6.54 Å². The maximum atomic E-state index is 11.2. The topological polar surface area (TPSA) is 67.4 Å². The number of rotatable bonds is 5. The third-order valence-corrected chi connectivity index (χ3v) is 1.91. The van der Waals surface area contributed by atoms with Crippen molar-refractivity contribution in [3.05, 3.63) is 0 Å². The lowest BCUT2D eigenvalue weighted by atomic mass is 10.1. The fourth-order valence-corrected chi connectivity index (χ4v) is 0.958. The van der Waals surface area contributed by atoms with Gasteiger partial charge in [-0.1, -0.05) is 13.8 Å². The summed E-state index contributed by atoms with van der Waals surface area (Å²) in [6.45, 7) is 6.35. The summed E-state index contributed by atoms with van der Waals surface area (Å²) in [5, 5.41) is 5.15. The smallest absolute Gasteiger partial charge is 0.328 e. The third kappa shape index (κ3) is 6.76. The van der Waals surface area contributed by atoms with E-state index in [4.69, 9.17) is 0 Å². The molecular weight excluding hydrogens is 196 g/mol. The van der Waals surface area contributed by atoms with Gasteiger partial charge >= 0.3 is 12.0 Å². The van der Waals surface area contributed by atoms with Crippen LogP contribution in [0.15, 0.2) is 0 Å². The molecule has 0 aliphatic carbocycles. The highest BCUT2D eigenvalue weighted by Crippen LogP contribution is 1.96. The van der Waals surface area contributed by atoms with Gasteiger partial charge in [0.1, 0.15) is 6.04 Å². The Morgan fingerprint density at radius 1 is 1.27 bits per heavy atom. The van der Waals surface area contributed by atoms with Crippen molar-refractivity contribution >= 4 is 12.0 Å². The number of ether oxygens (including phenoxy) is 1. The summed E-state index contributed by atoms with van der Waals surface area (Å²) in [4.78, 5) is 22.2. The van der Waals surface area contributed by atoms with Crippen LogP contribution in [-0.2, 0) is 9.53 Å².